The maximum Gasteiger partial charge on any atom is 0.137 e. The van der Waals surface area contributed by atoms with E-state index >= 15 is 0 Å². The van der Waals surface area contributed by atoms with Crippen LogP contribution in [-0.2, 0) is 37.9 Å². The van der Waals surface area contributed by atoms with Crippen molar-refractivity contribution < 1.29 is 30.9 Å². The summed E-state index contributed by atoms with van der Waals surface area (Å²) in [5.74, 6) is 0.676. The van der Waals surface area contributed by atoms with Crippen molar-refractivity contribution in [2.75, 3.05) is 0 Å². The van der Waals surface area contributed by atoms with Crippen LogP contribution in [0.1, 0.15) is 78.5 Å². The standard InChI is InChI=1S/C31H31NO.2C7H7.Hf/c1-20(2)24-15-10-16-25(21(3)4)29(24)32-30-26-17-8-13-23-14-9-18-27(28(23)26)31(30,33)19-22-11-6-5-7-12-22;2*1-7-5-3-2-4-6-7;/h5-18,20-21,33H,19H2,1-4H3;2*2-6H,1H2;/q;2*-1;. The van der Waals surface area contributed by atoms with Crippen molar-refractivity contribution in [1.29, 1.82) is 0 Å². The SMILES string of the molecule is CC(C)c1cccc(C(C)C)c1N=C1c2cccc3cccc(c23)C1(O)Cc1ccccc1.[CH2-]c1ccccc1.[CH2-]c1ccccc1.[Hf]. The van der Waals surface area contributed by atoms with Gasteiger partial charge in [-0.15, -0.1) is 24.3 Å². The Kier molecular flexibility index (Phi) is 12.8. The Morgan fingerprint density at radius 1 is 0.583 bits per heavy atom. The summed E-state index contributed by atoms with van der Waals surface area (Å²) in [6.07, 6.45) is 0.487. The number of benzene rings is 6. The Balaban J connectivity index is 0.000000286. The van der Waals surface area contributed by atoms with E-state index in [2.05, 4.69) is 102 Å². The van der Waals surface area contributed by atoms with Crippen LogP contribution in [0, 0.1) is 13.8 Å². The van der Waals surface area contributed by atoms with E-state index in [0.717, 1.165) is 50.0 Å². The zero-order valence-corrected chi connectivity index (χ0v) is 32.1. The van der Waals surface area contributed by atoms with Gasteiger partial charge in [0.25, 0.3) is 0 Å². The van der Waals surface area contributed by atoms with Crippen molar-refractivity contribution in [2.24, 2.45) is 4.99 Å². The van der Waals surface area contributed by atoms with E-state index in [1.807, 2.05) is 84.9 Å². The number of para-hydroxylation sites is 1. The molecule has 0 saturated heterocycles. The number of nitrogens with zero attached hydrogens (tertiary/aromatic N) is 1. The van der Waals surface area contributed by atoms with E-state index in [1.165, 1.54) is 11.1 Å². The maximum absolute atomic E-state index is 12.4. The molecule has 0 aliphatic heterocycles. The molecule has 0 aromatic heterocycles. The molecule has 1 aliphatic carbocycles. The van der Waals surface area contributed by atoms with E-state index < -0.39 is 5.60 Å². The molecular weight excluding hydrogens is 749 g/mol. The number of rotatable bonds is 5. The van der Waals surface area contributed by atoms with Gasteiger partial charge in [0.2, 0.25) is 0 Å². The molecule has 7 rings (SSSR count). The molecule has 1 atom stereocenters. The van der Waals surface area contributed by atoms with Gasteiger partial charge in [0, 0.05) is 37.8 Å². The quantitative estimate of drug-likeness (QED) is 0.137. The Morgan fingerprint density at radius 3 is 1.50 bits per heavy atom. The molecule has 6 aromatic rings. The molecule has 48 heavy (non-hydrogen) atoms. The molecule has 0 heterocycles. The second kappa shape index (κ2) is 16.8. The summed E-state index contributed by atoms with van der Waals surface area (Å²) in [5, 5.41) is 14.7. The molecule has 6 aromatic carbocycles. The van der Waals surface area contributed by atoms with Crippen molar-refractivity contribution in [1.82, 2.24) is 0 Å². The van der Waals surface area contributed by atoms with E-state index in [-0.39, 0.29) is 25.8 Å². The van der Waals surface area contributed by atoms with E-state index in [9.17, 15) is 5.11 Å². The fourth-order valence-electron chi connectivity index (χ4n) is 6.16. The molecule has 3 heteroatoms. The normalized spacial score (nSPS) is 15.4. The molecule has 1 unspecified atom stereocenters. The average molecular weight is 794 g/mol. The first-order chi connectivity index (χ1) is 22.7. The van der Waals surface area contributed by atoms with Crippen LogP contribution in [-0.4, -0.2) is 10.8 Å². The molecule has 1 N–H and O–H groups in total. The summed E-state index contributed by atoms with van der Waals surface area (Å²) < 4.78 is 0. The molecular formula is C45H45HfNO-2. The van der Waals surface area contributed by atoms with Crippen molar-refractivity contribution in [3.63, 3.8) is 0 Å². The number of aliphatic imine (C=N–C) groups is 1. The van der Waals surface area contributed by atoms with Gasteiger partial charge in [0.15, 0.2) is 0 Å². The Labute approximate surface area is 306 Å². The minimum atomic E-state index is -1.19. The molecule has 1 aliphatic rings. The minimum Gasteiger partial charge on any atom is -0.378 e. The third-order valence-corrected chi connectivity index (χ3v) is 8.55. The first-order valence-electron chi connectivity index (χ1n) is 16.4. The Morgan fingerprint density at radius 2 is 1.04 bits per heavy atom. The van der Waals surface area contributed by atoms with Gasteiger partial charge in [-0.25, -0.2) is 4.99 Å². The average Bonchev–Trinajstić information content (AvgIpc) is 3.30. The molecule has 0 spiro atoms. The molecule has 0 bridgehead atoms. The van der Waals surface area contributed by atoms with Gasteiger partial charge < -0.3 is 5.11 Å². The van der Waals surface area contributed by atoms with Gasteiger partial charge in [-0.1, -0.05) is 125 Å². The maximum atomic E-state index is 12.4. The summed E-state index contributed by atoms with van der Waals surface area (Å²) in [4.78, 5) is 5.36. The van der Waals surface area contributed by atoms with Crippen LogP contribution in [0.3, 0.4) is 0 Å². The molecule has 242 valence electrons. The second-order valence-electron chi connectivity index (χ2n) is 12.8. The van der Waals surface area contributed by atoms with Crippen LogP contribution in [0.4, 0.5) is 5.69 Å². The zero-order chi connectivity index (χ0) is 33.4. The topological polar surface area (TPSA) is 32.6 Å². The molecule has 0 saturated carbocycles. The molecule has 0 radical (unpaired) electrons. The fourth-order valence-corrected chi connectivity index (χ4v) is 6.16. The monoisotopic (exact) mass is 795 g/mol. The first-order valence-corrected chi connectivity index (χ1v) is 16.4. The summed E-state index contributed by atoms with van der Waals surface area (Å²) in [7, 11) is 0. The number of hydrogen-bond donors (Lipinski definition) is 1. The van der Waals surface area contributed by atoms with Crippen LogP contribution in [0.5, 0.6) is 0 Å². The predicted molar refractivity (Wildman–Crippen MR) is 201 cm³/mol. The van der Waals surface area contributed by atoms with E-state index in [0.29, 0.717) is 18.3 Å². The van der Waals surface area contributed by atoms with Crippen molar-refractivity contribution in [2.45, 2.75) is 51.6 Å². The largest absolute Gasteiger partial charge is 0.378 e. The van der Waals surface area contributed by atoms with Crippen LogP contribution in [0.15, 0.2) is 151 Å². The fraction of sp³-hybridized carbons (Fsp3) is 0.178. The Bertz CT molecular complexity index is 1860. The third kappa shape index (κ3) is 8.45. The van der Waals surface area contributed by atoms with Gasteiger partial charge in [0.05, 0.1) is 11.4 Å². The summed E-state index contributed by atoms with van der Waals surface area (Å²) in [5.41, 5.74) is 8.24. The second-order valence-corrected chi connectivity index (χ2v) is 12.8. The molecule has 2 nitrogen and oxygen atoms in total. The van der Waals surface area contributed by atoms with Crippen LogP contribution >= 0.6 is 0 Å². The van der Waals surface area contributed by atoms with Gasteiger partial charge in [0.1, 0.15) is 5.60 Å². The number of aliphatic hydroxyl groups is 1. The van der Waals surface area contributed by atoms with Crippen molar-refractivity contribution in [3.8, 4) is 0 Å². The smallest absolute Gasteiger partial charge is 0.137 e. The van der Waals surface area contributed by atoms with Crippen molar-refractivity contribution >= 4 is 22.2 Å². The van der Waals surface area contributed by atoms with Crippen LogP contribution < -0.4 is 0 Å². The van der Waals surface area contributed by atoms with Crippen LogP contribution in [0.2, 0.25) is 0 Å². The molecule has 0 fully saturated rings. The van der Waals surface area contributed by atoms with Crippen LogP contribution in [0.25, 0.3) is 10.8 Å². The van der Waals surface area contributed by atoms with Gasteiger partial charge >= 0.3 is 0 Å². The summed E-state index contributed by atoms with van der Waals surface area (Å²) >= 11 is 0. The third-order valence-electron chi connectivity index (χ3n) is 8.55. The van der Waals surface area contributed by atoms with E-state index in [4.69, 9.17) is 4.99 Å². The van der Waals surface area contributed by atoms with Gasteiger partial charge in [-0.3, -0.25) is 0 Å². The Hall–Kier alpha value is -4.18. The first kappa shape index (κ1) is 36.7. The summed E-state index contributed by atoms with van der Waals surface area (Å²) in [6, 6.07) is 49.0. The zero-order valence-electron chi connectivity index (χ0n) is 28.5. The van der Waals surface area contributed by atoms with E-state index in [1.54, 1.807) is 0 Å². The predicted octanol–water partition coefficient (Wildman–Crippen LogP) is 11.4. The number of hydrogen-bond acceptors (Lipinski definition) is 2. The van der Waals surface area contributed by atoms with Gasteiger partial charge in [-0.2, -0.15) is 49.2 Å². The minimum absolute atomic E-state index is 0. The van der Waals surface area contributed by atoms with Crippen molar-refractivity contribution in [3.05, 3.63) is 198 Å². The van der Waals surface area contributed by atoms with Gasteiger partial charge in [-0.05, 0) is 44.9 Å². The summed E-state index contributed by atoms with van der Waals surface area (Å²) in [6.45, 7) is 16.3. The molecule has 0 amide bonds.